The van der Waals surface area contributed by atoms with Gasteiger partial charge in [0.05, 0.1) is 5.02 Å². The van der Waals surface area contributed by atoms with Crippen molar-refractivity contribution in [2.75, 3.05) is 0 Å². The summed E-state index contributed by atoms with van der Waals surface area (Å²) in [6, 6.07) is 12.4. The predicted octanol–water partition coefficient (Wildman–Crippen LogP) is 3.98. The Bertz CT molecular complexity index is 1110. The van der Waals surface area contributed by atoms with Crippen LogP contribution in [0.25, 0.3) is 11.0 Å². The number of amides is 1. The van der Waals surface area contributed by atoms with E-state index in [1.54, 1.807) is 13.0 Å². The number of halogens is 1. The number of fused-ring (bicyclic) bond motifs is 1. The number of nitrogens with one attached hydrogen (secondary N) is 1. The molecule has 1 amide bonds. The summed E-state index contributed by atoms with van der Waals surface area (Å²) >= 11 is 6.18. The fourth-order valence-corrected chi connectivity index (χ4v) is 2.80. The molecule has 3 aromatic rings. The third-order valence-corrected chi connectivity index (χ3v) is 4.41. The molecule has 7 nitrogen and oxygen atoms in total. The summed E-state index contributed by atoms with van der Waals surface area (Å²) < 4.78 is 15.5. The summed E-state index contributed by atoms with van der Waals surface area (Å²) in [7, 11) is 0. The molecule has 2 aromatic carbocycles. The van der Waals surface area contributed by atoms with Gasteiger partial charge in [-0.15, -0.1) is 0 Å². The van der Waals surface area contributed by atoms with Crippen molar-refractivity contribution in [1.29, 1.82) is 0 Å². The van der Waals surface area contributed by atoms with Crippen molar-refractivity contribution in [3.8, 4) is 5.75 Å². The van der Waals surface area contributed by atoms with Gasteiger partial charge in [-0.2, -0.15) is 0 Å². The maximum absolute atomic E-state index is 12.3. The van der Waals surface area contributed by atoms with Crippen LogP contribution >= 0.6 is 11.6 Å². The molecule has 0 radical (unpaired) electrons. The normalized spacial score (nSPS) is 11.7. The highest BCUT2D eigenvalue weighted by atomic mass is 35.5. The Morgan fingerprint density at radius 1 is 1.17 bits per heavy atom. The van der Waals surface area contributed by atoms with Crippen molar-refractivity contribution in [1.82, 2.24) is 5.32 Å². The highest BCUT2D eigenvalue weighted by Crippen LogP contribution is 2.31. The van der Waals surface area contributed by atoms with E-state index < -0.39 is 23.7 Å². The maximum atomic E-state index is 12.3. The standard InChI is InChI=1S/C21H18ClNO6/c1-12-8-19(24)28-17-10-18(16(22)9-15(12)17)29-20(25)13(2)23-21(26)27-11-14-6-4-3-5-7-14/h3-10,13H,11H2,1-2H3,(H,23,26). The van der Waals surface area contributed by atoms with Crippen molar-refractivity contribution >= 4 is 34.6 Å². The predicted molar refractivity (Wildman–Crippen MR) is 107 cm³/mol. The Balaban J connectivity index is 1.64. The number of carbonyl (C=O) groups is 2. The molecule has 1 heterocycles. The van der Waals surface area contributed by atoms with Crippen LogP contribution in [0.3, 0.4) is 0 Å². The van der Waals surface area contributed by atoms with E-state index in [2.05, 4.69) is 5.32 Å². The smallest absolute Gasteiger partial charge is 0.408 e. The van der Waals surface area contributed by atoms with Crippen LogP contribution in [-0.2, 0) is 16.1 Å². The summed E-state index contributed by atoms with van der Waals surface area (Å²) in [4.78, 5) is 35.7. The Morgan fingerprint density at radius 2 is 1.90 bits per heavy atom. The molecule has 8 heteroatoms. The summed E-state index contributed by atoms with van der Waals surface area (Å²) in [5.41, 5.74) is 1.22. The Hall–Kier alpha value is -3.32. The van der Waals surface area contributed by atoms with E-state index in [0.29, 0.717) is 10.9 Å². The highest BCUT2D eigenvalue weighted by Gasteiger charge is 2.20. The van der Waals surface area contributed by atoms with Crippen LogP contribution in [0, 0.1) is 6.92 Å². The van der Waals surface area contributed by atoms with E-state index in [0.717, 1.165) is 5.56 Å². The zero-order valence-corrected chi connectivity index (χ0v) is 16.5. The Morgan fingerprint density at radius 3 is 2.62 bits per heavy atom. The van der Waals surface area contributed by atoms with E-state index in [-0.39, 0.29) is 23.0 Å². The van der Waals surface area contributed by atoms with Gasteiger partial charge >= 0.3 is 17.7 Å². The summed E-state index contributed by atoms with van der Waals surface area (Å²) in [5.74, 6) is -0.734. The maximum Gasteiger partial charge on any atom is 0.408 e. The second kappa shape index (κ2) is 8.79. The second-order valence-corrected chi connectivity index (χ2v) is 6.78. The molecule has 0 bridgehead atoms. The monoisotopic (exact) mass is 415 g/mol. The minimum absolute atomic E-state index is 0.0178. The topological polar surface area (TPSA) is 94.8 Å². The van der Waals surface area contributed by atoms with Gasteiger partial charge in [0.25, 0.3) is 0 Å². The molecule has 1 aromatic heterocycles. The van der Waals surface area contributed by atoms with Crippen molar-refractivity contribution in [2.45, 2.75) is 26.5 Å². The fraction of sp³-hybridized carbons (Fsp3) is 0.190. The van der Waals surface area contributed by atoms with Crippen LogP contribution in [-0.4, -0.2) is 18.1 Å². The summed E-state index contributed by atoms with van der Waals surface area (Å²) in [5, 5.41) is 3.19. The van der Waals surface area contributed by atoms with Gasteiger partial charge in [-0.05, 0) is 31.0 Å². The Labute approximate surface area is 171 Å². The largest absolute Gasteiger partial charge is 0.445 e. The SMILES string of the molecule is Cc1cc(=O)oc2cc(OC(=O)C(C)NC(=O)OCc3ccccc3)c(Cl)cc12. The van der Waals surface area contributed by atoms with Gasteiger partial charge < -0.3 is 19.2 Å². The lowest BCUT2D eigenvalue weighted by molar-refractivity contribution is -0.136. The minimum Gasteiger partial charge on any atom is -0.445 e. The number of alkyl carbamates (subject to hydrolysis) is 1. The van der Waals surface area contributed by atoms with E-state index >= 15 is 0 Å². The van der Waals surface area contributed by atoms with Crippen molar-refractivity contribution in [3.63, 3.8) is 0 Å². The molecule has 0 aliphatic carbocycles. The number of hydrogen-bond donors (Lipinski definition) is 1. The number of carbonyl (C=O) groups excluding carboxylic acids is 2. The molecule has 0 saturated carbocycles. The quantitative estimate of drug-likeness (QED) is 0.385. The zero-order chi connectivity index (χ0) is 21.0. The van der Waals surface area contributed by atoms with Gasteiger partial charge in [0.15, 0.2) is 5.75 Å². The molecule has 150 valence electrons. The number of benzene rings is 2. The molecule has 0 spiro atoms. The van der Waals surface area contributed by atoms with Gasteiger partial charge in [-0.1, -0.05) is 41.9 Å². The lowest BCUT2D eigenvalue weighted by Gasteiger charge is -2.14. The Kier molecular flexibility index (Phi) is 6.19. The van der Waals surface area contributed by atoms with Crippen LogP contribution in [0.4, 0.5) is 4.79 Å². The van der Waals surface area contributed by atoms with Gasteiger partial charge in [-0.25, -0.2) is 14.4 Å². The van der Waals surface area contributed by atoms with Gasteiger partial charge in [0, 0.05) is 17.5 Å². The van der Waals surface area contributed by atoms with E-state index in [1.807, 2.05) is 30.3 Å². The van der Waals surface area contributed by atoms with Crippen LogP contribution in [0.1, 0.15) is 18.1 Å². The average molecular weight is 416 g/mol. The fourth-order valence-electron chi connectivity index (χ4n) is 2.60. The van der Waals surface area contributed by atoms with E-state index in [1.165, 1.54) is 19.1 Å². The first-order chi connectivity index (χ1) is 13.8. The van der Waals surface area contributed by atoms with E-state index in [4.69, 9.17) is 25.5 Å². The third kappa shape index (κ3) is 5.14. The number of esters is 1. The number of ether oxygens (including phenoxy) is 2. The summed E-state index contributed by atoms with van der Waals surface area (Å²) in [6.45, 7) is 3.27. The molecular weight excluding hydrogens is 398 g/mol. The van der Waals surface area contributed by atoms with Crippen LogP contribution in [0.2, 0.25) is 5.02 Å². The molecule has 1 unspecified atom stereocenters. The second-order valence-electron chi connectivity index (χ2n) is 6.38. The molecule has 29 heavy (non-hydrogen) atoms. The lowest BCUT2D eigenvalue weighted by Crippen LogP contribution is -2.41. The summed E-state index contributed by atoms with van der Waals surface area (Å²) in [6.07, 6.45) is -0.760. The third-order valence-electron chi connectivity index (χ3n) is 4.12. The van der Waals surface area contributed by atoms with Crippen LogP contribution < -0.4 is 15.7 Å². The first-order valence-electron chi connectivity index (χ1n) is 8.76. The first-order valence-corrected chi connectivity index (χ1v) is 9.14. The van der Waals surface area contributed by atoms with Gasteiger partial charge in [-0.3, -0.25) is 0 Å². The molecule has 1 atom stereocenters. The number of hydrogen-bond acceptors (Lipinski definition) is 6. The lowest BCUT2D eigenvalue weighted by atomic mass is 10.1. The van der Waals surface area contributed by atoms with Crippen molar-refractivity contribution in [2.24, 2.45) is 0 Å². The van der Waals surface area contributed by atoms with Crippen molar-refractivity contribution < 1.29 is 23.5 Å². The first kappa shape index (κ1) is 20.4. The zero-order valence-electron chi connectivity index (χ0n) is 15.7. The van der Waals surface area contributed by atoms with Crippen LogP contribution in [0.5, 0.6) is 5.75 Å². The molecule has 3 rings (SSSR count). The molecule has 0 aliphatic rings. The average Bonchev–Trinajstić information content (AvgIpc) is 2.68. The molecule has 0 saturated heterocycles. The molecule has 0 fully saturated rings. The van der Waals surface area contributed by atoms with Gasteiger partial charge in [0.2, 0.25) is 0 Å². The molecular formula is C21H18ClNO6. The number of aryl methyl sites for hydroxylation is 1. The van der Waals surface area contributed by atoms with E-state index in [9.17, 15) is 14.4 Å². The minimum atomic E-state index is -0.991. The van der Waals surface area contributed by atoms with Gasteiger partial charge in [0.1, 0.15) is 18.2 Å². The molecule has 0 aliphatic heterocycles. The van der Waals surface area contributed by atoms with Crippen molar-refractivity contribution in [3.05, 3.63) is 75.1 Å². The van der Waals surface area contributed by atoms with Crippen LogP contribution in [0.15, 0.2) is 57.7 Å². The highest BCUT2D eigenvalue weighted by molar-refractivity contribution is 6.33. The molecule has 1 N–H and O–H groups in total. The number of rotatable bonds is 5.